The number of ether oxygens (including phenoxy) is 1. The number of thiophene rings is 1. The zero-order valence-corrected chi connectivity index (χ0v) is 20.7. The van der Waals surface area contributed by atoms with Gasteiger partial charge in [0.1, 0.15) is 16.5 Å². The van der Waals surface area contributed by atoms with Gasteiger partial charge in [-0.3, -0.25) is 23.9 Å². The third-order valence-electron chi connectivity index (χ3n) is 5.02. The Morgan fingerprint density at radius 1 is 1.24 bits per heavy atom. The molecule has 0 radical (unpaired) electrons. The minimum Gasteiger partial charge on any atom is -0.462 e. The Bertz CT molecular complexity index is 1200. The second-order valence-electron chi connectivity index (χ2n) is 7.46. The Balaban J connectivity index is 2.34. The number of rotatable bonds is 10. The lowest BCUT2D eigenvalue weighted by Crippen LogP contribution is -2.39. The maximum absolute atomic E-state index is 12.8. The molecule has 0 aromatic carbocycles. The van der Waals surface area contributed by atoms with Crippen molar-refractivity contribution in [2.75, 3.05) is 43.2 Å². The normalized spacial score (nSPS) is 10.6. The molecule has 0 aliphatic carbocycles. The molecule has 2 heterocycles. The van der Waals surface area contributed by atoms with Crippen LogP contribution >= 0.6 is 11.3 Å². The first kappa shape index (κ1) is 26.6. The smallest absolute Gasteiger partial charge is 0.341 e. The molecule has 0 spiro atoms. The van der Waals surface area contributed by atoms with Gasteiger partial charge in [-0.2, -0.15) is 0 Å². The highest BCUT2D eigenvalue weighted by atomic mass is 32.1. The molecule has 0 atom stereocenters. The summed E-state index contributed by atoms with van der Waals surface area (Å²) in [6.07, 6.45) is 1.50. The molecule has 0 bridgehead atoms. The number of nitrogens with two attached hydrogens (primary N) is 1. The molecule has 0 saturated heterocycles. The standard InChI is InChI=1S/C21H30N6O6S/c1-6-8-9-27-16(22)14(17(29)25-21(27)32)26(5)10-12(28)24-19-13(20(31)33-7-2)11(3)15(34-19)18(30)23-4/h6-10,22H2,1-5H3,(H,23,30)(H,24,28)(H,25,29,32). The van der Waals surface area contributed by atoms with Crippen molar-refractivity contribution in [1.29, 1.82) is 0 Å². The second kappa shape index (κ2) is 11.5. The van der Waals surface area contributed by atoms with Crippen molar-refractivity contribution < 1.29 is 19.1 Å². The van der Waals surface area contributed by atoms with E-state index in [1.165, 1.54) is 23.6 Å². The summed E-state index contributed by atoms with van der Waals surface area (Å²) >= 11 is 0.943. The first-order chi connectivity index (χ1) is 16.1. The van der Waals surface area contributed by atoms with Crippen molar-refractivity contribution in [3.05, 3.63) is 36.8 Å². The van der Waals surface area contributed by atoms with Gasteiger partial charge in [0, 0.05) is 20.6 Å². The molecule has 0 aliphatic heterocycles. The van der Waals surface area contributed by atoms with Crippen molar-refractivity contribution in [1.82, 2.24) is 14.9 Å². The highest BCUT2D eigenvalue weighted by molar-refractivity contribution is 7.18. The zero-order chi connectivity index (χ0) is 25.6. The lowest BCUT2D eigenvalue weighted by Gasteiger charge is -2.21. The maximum Gasteiger partial charge on any atom is 0.341 e. The molecule has 13 heteroatoms. The van der Waals surface area contributed by atoms with Gasteiger partial charge in [0.05, 0.1) is 23.6 Å². The number of hydrogen-bond acceptors (Lipinski definition) is 9. The van der Waals surface area contributed by atoms with E-state index in [0.29, 0.717) is 18.5 Å². The lowest BCUT2D eigenvalue weighted by molar-refractivity contribution is -0.114. The molecule has 2 amide bonds. The fraction of sp³-hybridized carbons (Fsp3) is 0.476. The van der Waals surface area contributed by atoms with Gasteiger partial charge in [-0.25, -0.2) is 9.59 Å². The number of unbranched alkanes of at least 4 members (excludes halogenated alkanes) is 1. The minimum atomic E-state index is -0.716. The number of carbonyl (C=O) groups is 3. The number of carbonyl (C=O) groups excluding carboxylic acids is 3. The Morgan fingerprint density at radius 3 is 2.50 bits per heavy atom. The fourth-order valence-electron chi connectivity index (χ4n) is 3.33. The number of amides is 2. The number of aromatic nitrogens is 2. The SMILES string of the molecule is CCCCn1c(N)c(N(C)CC(=O)Nc2sc(C(=O)NC)c(C)c2C(=O)OCC)c(=O)[nH]c1=O. The molecule has 0 saturated carbocycles. The summed E-state index contributed by atoms with van der Waals surface area (Å²) in [7, 11) is 2.94. The average molecular weight is 495 g/mol. The van der Waals surface area contributed by atoms with Gasteiger partial charge < -0.3 is 26.0 Å². The van der Waals surface area contributed by atoms with Crippen LogP contribution in [-0.4, -0.2) is 54.6 Å². The summed E-state index contributed by atoms with van der Waals surface area (Å²) < 4.78 is 6.33. The van der Waals surface area contributed by atoms with Crippen molar-refractivity contribution >= 4 is 45.6 Å². The molecule has 34 heavy (non-hydrogen) atoms. The predicted octanol–water partition coefficient (Wildman–Crippen LogP) is 0.900. The number of aromatic amines is 1. The van der Waals surface area contributed by atoms with Crippen LogP contribution in [0.15, 0.2) is 9.59 Å². The molecular weight excluding hydrogens is 464 g/mol. The molecule has 12 nitrogen and oxygen atoms in total. The van der Waals surface area contributed by atoms with Crippen LogP contribution < -0.4 is 32.5 Å². The van der Waals surface area contributed by atoms with E-state index in [1.807, 2.05) is 6.92 Å². The monoisotopic (exact) mass is 494 g/mol. The lowest BCUT2D eigenvalue weighted by atomic mass is 10.1. The third-order valence-corrected chi connectivity index (χ3v) is 6.23. The number of likely N-dealkylation sites (N-methyl/N-ethyl adjacent to an activating group) is 1. The van der Waals surface area contributed by atoms with Crippen LogP contribution in [0.3, 0.4) is 0 Å². The van der Waals surface area contributed by atoms with E-state index in [2.05, 4.69) is 15.6 Å². The van der Waals surface area contributed by atoms with E-state index in [0.717, 1.165) is 17.8 Å². The maximum atomic E-state index is 12.8. The number of anilines is 3. The van der Waals surface area contributed by atoms with Crippen LogP contribution in [0.4, 0.5) is 16.5 Å². The van der Waals surface area contributed by atoms with Crippen LogP contribution in [0, 0.1) is 6.92 Å². The first-order valence-electron chi connectivity index (χ1n) is 10.7. The number of esters is 1. The molecule has 0 fully saturated rings. The molecule has 0 unspecified atom stereocenters. The van der Waals surface area contributed by atoms with Crippen LogP contribution in [0.1, 0.15) is 52.3 Å². The summed E-state index contributed by atoms with van der Waals surface area (Å²) in [6, 6.07) is 0. The first-order valence-corrected chi connectivity index (χ1v) is 11.5. The molecule has 2 rings (SSSR count). The summed E-state index contributed by atoms with van der Waals surface area (Å²) in [6.45, 7) is 5.33. The highest BCUT2D eigenvalue weighted by Gasteiger charge is 2.27. The van der Waals surface area contributed by atoms with Crippen molar-refractivity contribution in [2.24, 2.45) is 0 Å². The minimum absolute atomic E-state index is 0.0233. The van der Waals surface area contributed by atoms with Gasteiger partial charge in [-0.1, -0.05) is 13.3 Å². The molecule has 186 valence electrons. The van der Waals surface area contributed by atoms with Crippen LogP contribution in [0.25, 0.3) is 0 Å². The van der Waals surface area contributed by atoms with E-state index < -0.39 is 29.0 Å². The molecular formula is C21H30N6O6S. The molecule has 5 N–H and O–H groups in total. The van der Waals surface area contributed by atoms with Crippen molar-refractivity contribution in [3.63, 3.8) is 0 Å². The van der Waals surface area contributed by atoms with Gasteiger partial charge >= 0.3 is 11.7 Å². The number of hydrogen-bond donors (Lipinski definition) is 4. The number of nitrogen functional groups attached to an aromatic ring is 1. The van der Waals surface area contributed by atoms with E-state index in [4.69, 9.17) is 10.5 Å². The Labute approximate surface area is 200 Å². The van der Waals surface area contributed by atoms with Gasteiger partial charge in [-0.15, -0.1) is 11.3 Å². The largest absolute Gasteiger partial charge is 0.462 e. The highest BCUT2D eigenvalue weighted by Crippen LogP contribution is 2.33. The van der Waals surface area contributed by atoms with Crippen molar-refractivity contribution in [2.45, 2.75) is 40.2 Å². The topological polar surface area (TPSA) is 169 Å². The Kier molecular flexibility index (Phi) is 9.01. The Hall–Kier alpha value is -3.61. The van der Waals surface area contributed by atoms with Gasteiger partial charge in [0.15, 0.2) is 0 Å². The van der Waals surface area contributed by atoms with Crippen LogP contribution in [0.5, 0.6) is 0 Å². The summed E-state index contributed by atoms with van der Waals surface area (Å²) in [4.78, 5) is 65.8. The number of nitrogens with zero attached hydrogens (tertiary/aromatic N) is 2. The second-order valence-corrected chi connectivity index (χ2v) is 8.48. The van der Waals surface area contributed by atoms with Gasteiger partial charge in [-0.05, 0) is 25.8 Å². The summed E-state index contributed by atoms with van der Waals surface area (Å²) in [5.74, 6) is -1.68. The molecule has 2 aromatic heterocycles. The quantitative estimate of drug-likeness (QED) is 0.353. The number of nitrogens with one attached hydrogen (secondary N) is 3. The summed E-state index contributed by atoms with van der Waals surface area (Å²) in [5, 5.41) is 5.28. The predicted molar refractivity (Wildman–Crippen MR) is 131 cm³/mol. The average Bonchev–Trinajstić information content (AvgIpc) is 3.08. The van der Waals surface area contributed by atoms with E-state index >= 15 is 0 Å². The van der Waals surface area contributed by atoms with Crippen molar-refractivity contribution in [3.8, 4) is 0 Å². The van der Waals surface area contributed by atoms with Gasteiger partial charge in [0.25, 0.3) is 11.5 Å². The van der Waals surface area contributed by atoms with E-state index in [-0.39, 0.29) is 40.1 Å². The van der Waals surface area contributed by atoms with Gasteiger partial charge in [0.2, 0.25) is 5.91 Å². The Morgan fingerprint density at radius 2 is 1.91 bits per heavy atom. The molecule has 2 aromatic rings. The zero-order valence-electron chi connectivity index (χ0n) is 19.9. The fourth-order valence-corrected chi connectivity index (χ4v) is 4.48. The summed E-state index contributed by atoms with van der Waals surface area (Å²) in [5.41, 5.74) is 5.21. The van der Waals surface area contributed by atoms with E-state index in [9.17, 15) is 24.0 Å². The number of H-pyrrole nitrogens is 1. The molecule has 0 aliphatic rings. The van der Waals surface area contributed by atoms with E-state index in [1.54, 1.807) is 13.8 Å². The van der Waals surface area contributed by atoms with Crippen LogP contribution in [0.2, 0.25) is 0 Å². The third kappa shape index (κ3) is 5.65. The van der Waals surface area contributed by atoms with Crippen LogP contribution in [-0.2, 0) is 16.1 Å².